The molecule has 4 N–H and O–H groups in total. The van der Waals surface area contributed by atoms with E-state index < -0.39 is 23.5 Å². The zero-order valence-electron chi connectivity index (χ0n) is 24.7. The highest BCUT2D eigenvalue weighted by molar-refractivity contribution is 7.10. The second-order valence-corrected chi connectivity index (χ2v) is 11.9. The fourth-order valence-electron chi connectivity index (χ4n) is 5.00. The third-order valence-electron chi connectivity index (χ3n) is 7.31. The molecule has 0 atom stereocenters. The van der Waals surface area contributed by atoms with Crippen LogP contribution in [0.15, 0.2) is 48.8 Å². The summed E-state index contributed by atoms with van der Waals surface area (Å²) in [6, 6.07) is 8.21. The van der Waals surface area contributed by atoms with Gasteiger partial charge in [0.15, 0.2) is 0 Å². The molecule has 3 aromatic heterocycles. The molecule has 0 spiro atoms. The molecule has 0 radical (unpaired) electrons. The summed E-state index contributed by atoms with van der Waals surface area (Å²) in [6.45, 7) is 3.42. The van der Waals surface area contributed by atoms with Crippen molar-refractivity contribution in [3.63, 3.8) is 0 Å². The molecule has 0 aliphatic carbocycles. The minimum absolute atomic E-state index is 0.167. The maximum Gasteiger partial charge on any atom is 0.272 e. The van der Waals surface area contributed by atoms with Gasteiger partial charge in [-0.15, -0.1) is 0 Å². The number of nitrogens with one attached hydrogen (secondary N) is 4. The van der Waals surface area contributed by atoms with Crippen molar-refractivity contribution in [1.29, 1.82) is 0 Å². The Balaban J connectivity index is 1.15. The Morgan fingerprint density at radius 3 is 2.11 bits per heavy atom. The van der Waals surface area contributed by atoms with Gasteiger partial charge in [-0.1, -0.05) is 18.0 Å². The number of amides is 4. The number of nitrogens with zero attached hydrogens (tertiary/aromatic N) is 4. The molecular formula is C30H32ClFN8O4S. The van der Waals surface area contributed by atoms with Crippen molar-refractivity contribution < 1.29 is 23.6 Å². The number of anilines is 3. The largest absolute Gasteiger partial charge is 0.349 e. The molecular weight excluding hydrogens is 623 g/mol. The minimum Gasteiger partial charge on any atom is -0.349 e. The molecule has 0 bridgehead atoms. The van der Waals surface area contributed by atoms with E-state index in [-0.39, 0.29) is 39.3 Å². The lowest BCUT2D eigenvalue weighted by Crippen LogP contribution is -2.37. The van der Waals surface area contributed by atoms with Crippen LogP contribution in [0.2, 0.25) is 5.02 Å². The SMILES string of the molecule is Cn1cc(NC(=O)c2ccc(Cl)cc2F)cc1C(=O)Nc1cc(C(=O)Nc2cc(C(=O)NCCN3CCCCC3)ns2)n(C)c1. The molecule has 12 nitrogen and oxygen atoms in total. The van der Waals surface area contributed by atoms with Crippen molar-refractivity contribution in [2.75, 3.05) is 42.1 Å². The van der Waals surface area contributed by atoms with Crippen LogP contribution in [-0.2, 0) is 14.1 Å². The molecule has 45 heavy (non-hydrogen) atoms. The molecule has 236 valence electrons. The van der Waals surface area contributed by atoms with Gasteiger partial charge in [0.05, 0.1) is 16.9 Å². The molecule has 15 heteroatoms. The van der Waals surface area contributed by atoms with E-state index in [1.807, 2.05) is 0 Å². The van der Waals surface area contributed by atoms with Crippen molar-refractivity contribution in [2.24, 2.45) is 14.1 Å². The zero-order valence-corrected chi connectivity index (χ0v) is 26.2. The van der Waals surface area contributed by atoms with Gasteiger partial charge < -0.3 is 35.3 Å². The zero-order chi connectivity index (χ0) is 32.1. The minimum atomic E-state index is -0.766. The van der Waals surface area contributed by atoms with Crippen LogP contribution in [0.4, 0.5) is 20.8 Å². The van der Waals surface area contributed by atoms with Gasteiger partial charge in [0.1, 0.15) is 27.9 Å². The number of carbonyl (C=O) groups is 4. The number of rotatable bonds is 10. The van der Waals surface area contributed by atoms with E-state index in [9.17, 15) is 23.6 Å². The first-order valence-corrected chi connectivity index (χ1v) is 15.4. The average Bonchev–Trinajstić information content (AvgIpc) is 3.71. The van der Waals surface area contributed by atoms with Crippen molar-refractivity contribution in [3.05, 3.63) is 82.3 Å². The predicted molar refractivity (Wildman–Crippen MR) is 171 cm³/mol. The van der Waals surface area contributed by atoms with Crippen molar-refractivity contribution in [2.45, 2.75) is 19.3 Å². The van der Waals surface area contributed by atoms with Gasteiger partial charge in [-0.2, -0.15) is 4.37 Å². The Kier molecular flexibility index (Phi) is 9.96. The topological polar surface area (TPSA) is 142 Å². The highest BCUT2D eigenvalue weighted by Gasteiger charge is 2.20. The van der Waals surface area contributed by atoms with E-state index in [4.69, 9.17) is 11.6 Å². The van der Waals surface area contributed by atoms with Gasteiger partial charge in [0, 0.05) is 50.7 Å². The maximum absolute atomic E-state index is 14.1. The molecule has 0 saturated carbocycles. The van der Waals surface area contributed by atoms with Gasteiger partial charge in [-0.3, -0.25) is 19.2 Å². The molecule has 1 saturated heterocycles. The van der Waals surface area contributed by atoms with Crippen LogP contribution in [0.25, 0.3) is 0 Å². The van der Waals surface area contributed by atoms with Gasteiger partial charge in [0.2, 0.25) is 0 Å². The first-order valence-electron chi connectivity index (χ1n) is 14.3. The van der Waals surface area contributed by atoms with Crippen LogP contribution in [-0.4, -0.2) is 68.2 Å². The Labute approximate surface area is 267 Å². The highest BCUT2D eigenvalue weighted by atomic mass is 35.5. The van der Waals surface area contributed by atoms with Gasteiger partial charge in [-0.05, 0) is 67.8 Å². The first-order chi connectivity index (χ1) is 21.6. The van der Waals surface area contributed by atoms with Crippen molar-refractivity contribution >= 4 is 63.1 Å². The third-order valence-corrected chi connectivity index (χ3v) is 8.25. The number of benzene rings is 1. The Morgan fingerprint density at radius 1 is 0.844 bits per heavy atom. The van der Waals surface area contributed by atoms with Crippen LogP contribution < -0.4 is 21.3 Å². The summed E-state index contributed by atoms with van der Waals surface area (Å²) < 4.78 is 21.4. The first kappa shape index (κ1) is 31.9. The normalized spacial score (nSPS) is 13.3. The van der Waals surface area contributed by atoms with E-state index in [0.29, 0.717) is 17.2 Å². The van der Waals surface area contributed by atoms with Crippen LogP contribution >= 0.6 is 23.1 Å². The quantitative estimate of drug-likeness (QED) is 0.197. The summed E-state index contributed by atoms with van der Waals surface area (Å²) in [6.07, 6.45) is 6.72. The number of likely N-dealkylation sites (tertiary alicyclic amines) is 1. The van der Waals surface area contributed by atoms with E-state index in [2.05, 4.69) is 30.5 Å². The molecule has 1 aliphatic heterocycles. The van der Waals surface area contributed by atoms with E-state index in [0.717, 1.165) is 37.2 Å². The number of hydrogen-bond acceptors (Lipinski definition) is 7. The lowest BCUT2D eigenvalue weighted by Gasteiger charge is -2.26. The van der Waals surface area contributed by atoms with E-state index >= 15 is 0 Å². The molecule has 4 aromatic rings. The number of piperidine rings is 1. The van der Waals surface area contributed by atoms with E-state index in [1.165, 1.54) is 60.4 Å². The fourth-order valence-corrected chi connectivity index (χ4v) is 5.80. The second kappa shape index (κ2) is 14.1. The predicted octanol–water partition coefficient (Wildman–Crippen LogP) is 4.59. The van der Waals surface area contributed by atoms with Crippen LogP contribution in [0.5, 0.6) is 0 Å². The third kappa shape index (κ3) is 7.95. The Morgan fingerprint density at radius 2 is 1.47 bits per heavy atom. The van der Waals surface area contributed by atoms with Crippen LogP contribution in [0.1, 0.15) is 61.1 Å². The average molecular weight is 655 g/mol. The molecule has 1 aliphatic rings. The number of hydrogen-bond donors (Lipinski definition) is 4. The molecule has 4 heterocycles. The monoisotopic (exact) mass is 654 g/mol. The van der Waals surface area contributed by atoms with Crippen LogP contribution in [0.3, 0.4) is 0 Å². The summed E-state index contributed by atoms with van der Waals surface area (Å²) in [7, 11) is 3.28. The smallest absolute Gasteiger partial charge is 0.272 e. The lowest BCUT2D eigenvalue weighted by molar-refractivity contribution is 0.0940. The Bertz CT molecular complexity index is 1740. The second-order valence-electron chi connectivity index (χ2n) is 10.7. The summed E-state index contributed by atoms with van der Waals surface area (Å²) in [5.41, 5.74) is 1.16. The summed E-state index contributed by atoms with van der Waals surface area (Å²) in [5.74, 6) is -2.70. The molecule has 1 fully saturated rings. The maximum atomic E-state index is 14.1. The lowest BCUT2D eigenvalue weighted by atomic mass is 10.1. The van der Waals surface area contributed by atoms with Gasteiger partial charge in [-0.25, -0.2) is 4.39 Å². The number of aromatic nitrogens is 3. The molecule has 5 rings (SSSR count). The molecule has 1 aromatic carbocycles. The van der Waals surface area contributed by atoms with Crippen LogP contribution in [0, 0.1) is 5.82 Å². The van der Waals surface area contributed by atoms with Crippen molar-refractivity contribution in [3.8, 4) is 0 Å². The number of aryl methyl sites for hydroxylation is 2. The summed E-state index contributed by atoms with van der Waals surface area (Å²) in [4.78, 5) is 53.4. The van der Waals surface area contributed by atoms with Gasteiger partial charge >= 0.3 is 0 Å². The number of halogens is 2. The fraction of sp³-hybridized carbons (Fsp3) is 0.300. The highest BCUT2D eigenvalue weighted by Crippen LogP contribution is 2.22. The standard InChI is InChI=1S/C30H32ClFN8O4S/c1-38-16-19(34-27(41)21-7-6-18(31)12-22(21)32)13-24(38)29(43)35-20-14-25(39(2)17-20)30(44)36-26-15-23(37-45-26)28(42)33-8-11-40-9-4-3-5-10-40/h6-7,12-17H,3-5,8-11H2,1-2H3,(H,33,42)(H,34,41)(H,35,43)(H,36,44). The molecule has 4 amide bonds. The van der Waals surface area contributed by atoms with E-state index in [1.54, 1.807) is 24.9 Å². The van der Waals surface area contributed by atoms with Gasteiger partial charge in [0.25, 0.3) is 23.6 Å². The Hall–Kier alpha value is -4.53. The summed E-state index contributed by atoms with van der Waals surface area (Å²) in [5, 5.41) is 11.5. The van der Waals surface area contributed by atoms with Crippen molar-refractivity contribution in [1.82, 2.24) is 23.7 Å². The molecule has 0 unspecified atom stereocenters. The summed E-state index contributed by atoms with van der Waals surface area (Å²) >= 11 is 6.76. The number of carbonyl (C=O) groups excluding carboxylic acids is 4.